The smallest absolute Gasteiger partial charge is 0.173 e. The first kappa shape index (κ1) is 12.1. The maximum atomic E-state index is 5.66. The molecule has 1 atom stereocenters. The van der Waals surface area contributed by atoms with Crippen molar-refractivity contribution in [1.82, 2.24) is 10.1 Å². The predicted octanol–water partition coefficient (Wildman–Crippen LogP) is 1.71. The van der Waals surface area contributed by atoms with Gasteiger partial charge in [0.05, 0.1) is 24.9 Å². The quantitative estimate of drug-likeness (QED) is 0.819. The zero-order valence-electron chi connectivity index (χ0n) is 10.8. The third kappa shape index (κ3) is 2.58. The summed E-state index contributed by atoms with van der Waals surface area (Å²) in [5.74, 6) is 0.868. The van der Waals surface area contributed by atoms with Gasteiger partial charge in [0, 0.05) is 12.6 Å². The first-order valence-electron chi connectivity index (χ1n) is 6.72. The fraction of sp³-hybridized carbons (Fsp3) is 0.769. The molecule has 0 saturated carbocycles. The van der Waals surface area contributed by atoms with Gasteiger partial charge in [0.1, 0.15) is 5.76 Å². The lowest BCUT2D eigenvalue weighted by atomic mass is 10.0. The van der Waals surface area contributed by atoms with E-state index in [4.69, 9.17) is 14.0 Å². The second kappa shape index (κ2) is 5.38. The second-order valence-electron chi connectivity index (χ2n) is 5.07. The topological polar surface area (TPSA) is 47.7 Å². The lowest BCUT2D eigenvalue weighted by molar-refractivity contribution is -0.111. The van der Waals surface area contributed by atoms with E-state index >= 15 is 0 Å². The van der Waals surface area contributed by atoms with Gasteiger partial charge >= 0.3 is 0 Å². The van der Waals surface area contributed by atoms with Crippen molar-refractivity contribution in [1.29, 1.82) is 0 Å². The number of likely N-dealkylation sites (tertiary alicyclic amines) is 1. The number of ether oxygens (including phenoxy) is 2. The van der Waals surface area contributed by atoms with Crippen molar-refractivity contribution in [2.45, 2.75) is 45.1 Å². The van der Waals surface area contributed by atoms with Crippen LogP contribution in [-0.4, -0.2) is 42.1 Å². The Morgan fingerprint density at radius 1 is 1.33 bits per heavy atom. The monoisotopic (exact) mass is 252 g/mol. The molecule has 0 spiro atoms. The van der Waals surface area contributed by atoms with E-state index in [9.17, 15) is 0 Å². The number of aromatic nitrogens is 1. The third-order valence-electron chi connectivity index (χ3n) is 3.67. The molecular weight excluding hydrogens is 232 g/mol. The van der Waals surface area contributed by atoms with E-state index in [2.05, 4.69) is 10.1 Å². The predicted molar refractivity (Wildman–Crippen MR) is 65.0 cm³/mol. The molecule has 2 aliphatic heterocycles. The summed E-state index contributed by atoms with van der Waals surface area (Å²) in [6.45, 7) is 5.27. The molecule has 3 rings (SSSR count). The van der Waals surface area contributed by atoms with Gasteiger partial charge in [-0.05, 0) is 26.3 Å². The molecule has 2 saturated heterocycles. The van der Waals surface area contributed by atoms with Crippen molar-refractivity contribution in [3.05, 3.63) is 17.5 Å². The van der Waals surface area contributed by atoms with E-state index < -0.39 is 0 Å². The Morgan fingerprint density at radius 3 is 2.89 bits per heavy atom. The second-order valence-corrected chi connectivity index (χ2v) is 5.07. The molecule has 1 aromatic heterocycles. The highest BCUT2D eigenvalue weighted by molar-refractivity contribution is 5.04. The van der Waals surface area contributed by atoms with Crippen LogP contribution in [0.3, 0.4) is 0 Å². The van der Waals surface area contributed by atoms with Crippen LogP contribution < -0.4 is 0 Å². The molecule has 1 unspecified atom stereocenters. The minimum atomic E-state index is -0.0571. The number of nitrogens with zero attached hydrogens (tertiary/aromatic N) is 2. The Morgan fingerprint density at radius 2 is 2.17 bits per heavy atom. The van der Waals surface area contributed by atoms with Crippen LogP contribution in [0.4, 0.5) is 0 Å². The molecule has 3 heterocycles. The Kier molecular flexibility index (Phi) is 3.63. The summed E-state index contributed by atoms with van der Waals surface area (Å²) in [6.07, 6.45) is 3.57. The van der Waals surface area contributed by atoms with E-state index in [-0.39, 0.29) is 6.29 Å². The van der Waals surface area contributed by atoms with E-state index in [1.807, 2.05) is 13.0 Å². The van der Waals surface area contributed by atoms with Gasteiger partial charge in [0.2, 0.25) is 0 Å². The van der Waals surface area contributed by atoms with Crippen molar-refractivity contribution >= 4 is 0 Å². The Labute approximate surface area is 107 Å². The molecule has 0 bridgehead atoms. The summed E-state index contributed by atoms with van der Waals surface area (Å²) in [7, 11) is 0. The molecule has 0 N–H and O–H groups in total. The Bertz CT molecular complexity index is 387. The van der Waals surface area contributed by atoms with E-state index in [0.717, 1.165) is 44.2 Å². The highest BCUT2D eigenvalue weighted by Crippen LogP contribution is 2.25. The summed E-state index contributed by atoms with van der Waals surface area (Å²) >= 11 is 0. The molecule has 2 aliphatic rings. The highest BCUT2D eigenvalue weighted by Gasteiger charge is 2.33. The van der Waals surface area contributed by atoms with Crippen LogP contribution in [0.25, 0.3) is 0 Å². The molecular formula is C13H20N2O3. The van der Waals surface area contributed by atoms with Gasteiger partial charge in [-0.25, -0.2) is 0 Å². The number of hydrogen-bond acceptors (Lipinski definition) is 5. The van der Waals surface area contributed by atoms with Crippen molar-refractivity contribution < 1.29 is 14.0 Å². The Balaban J connectivity index is 1.67. The molecule has 0 aliphatic carbocycles. The summed E-state index contributed by atoms with van der Waals surface area (Å²) in [4.78, 5) is 2.41. The van der Waals surface area contributed by atoms with Gasteiger partial charge in [-0.2, -0.15) is 0 Å². The van der Waals surface area contributed by atoms with Crippen molar-refractivity contribution in [3.63, 3.8) is 0 Å². The number of aryl methyl sites for hydroxylation is 1. The lowest BCUT2D eigenvalue weighted by Gasteiger charge is -2.37. The first-order valence-corrected chi connectivity index (χ1v) is 6.72. The van der Waals surface area contributed by atoms with E-state index in [1.165, 1.54) is 12.8 Å². The van der Waals surface area contributed by atoms with E-state index in [1.54, 1.807) is 0 Å². The van der Waals surface area contributed by atoms with Crippen LogP contribution in [0.5, 0.6) is 0 Å². The molecule has 5 heteroatoms. The van der Waals surface area contributed by atoms with Gasteiger partial charge in [0.25, 0.3) is 0 Å². The third-order valence-corrected chi connectivity index (χ3v) is 3.67. The molecule has 0 amide bonds. The molecule has 0 radical (unpaired) electrons. The van der Waals surface area contributed by atoms with E-state index in [0.29, 0.717) is 6.04 Å². The van der Waals surface area contributed by atoms with Crippen molar-refractivity contribution in [2.24, 2.45) is 0 Å². The minimum absolute atomic E-state index is 0.0571. The van der Waals surface area contributed by atoms with Gasteiger partial charge in [-0.3, -0.25) is 4.90 Å². The molecule has 0 aromatic carbocycles. The maximum Gasteiger partial charge on any atom is 0.173 e. The average Bonchev–Trinajstić information content (AvgIpc) is 3.02. The average molecular weight is 252 g/mol. The maximum absolute atomic E-state index is 5.66. The standard InChI is InChI=1S/C13H20N2O3/c1-10-8-11(14-18-10)9-15-5-3-2-4-12(15)13-16-6-7-17-13/h8,12-13H,2-7,9H2,1H3. The van der Waals surface area contributed by atoms with Crippen LogP contribution in [-0.2, 0) is 16.0 Å². The van der Waals surface area contributed by atoms with Crippen LogP contribution in [0.15, 0.2) is 10.6 Å². The number of piperidine rings is 1. The first-order chi connectivity index (χ1) is 8.83. The molecule has 5 nitrogen and oxygen atoms in total. The normalized spacial score (nSPS) is 26.8. The number of rotatable bonds is 3. The van der Waals surface area contributed by atoms with Crippen LogP contribution in [0.2, 0.25) is 0 Å². The Hall–Kier alpha value is -0.910. The summed E-state index contributed by atoms with van der Waals surface area (Å²) < 4.78 is 16.4. The molecule has 18 heavy (non-hydrogen) atoms. The molecule has 2 fully saturated rings. The summed E-state index contributed by atoms with van der Waals surface area (Å²) in [5, 5.41) is 4.07. The minimum Gasteiger partial charge on any atom is -0.361 e. The zero-order chi connectivity index (χ0) is 12.4. The van der Waals surface area contributed by atoms with Gasteiger partial charge < -0.3 is 14.0 Å². The fourth-order valence-corrected chi connectivity index (χ4v) is 2.82. The summed E-state index contributed by atoms with van der Waals surface area (Å²) in [5.41, 5.74) is 0.998. The lowest BCUT2D eigenvalue weighted by Crippen LogP contribution is -2.46. The van der Waals surface area contributed by atoms with Gasteiger partial charge in [0.15, 0.2) is 6.29 Å². The van der Waals surface area contributed by atoms with Gasteiger partial charge in [-0.15, -0.1) is 0 Å². The highest BCUT2D eigenvalue weighted by atomic mass is 16.7. The number of hydrogen-bond donors (Lipinski definition) is 0. The van der Waals surface area contributed by atoms with Gasteiger partial charge in [-0.1, -0.05) is 11.6 Å². The zero-order valence-corrected chi connectivity index (χ0v) is 10.8. The van der Waals surface area contributed by atoms with Crippen molar-refractivity contribution in [3.8, 4) is 0 Å². The fourth-order valence-electron chi connectivity index (χ4n) is 2.82. The molecule has 100 valence electrons. The summed E-state index contributed by atoms with van der Waals surface area (Å²) in [6, 6.07) is 2.36. The van der Waals surface area contributed by atoms with Crippen molar-refractivity contribution in [2.75, 3.05) is 19.8 Å². The van der Waals surface area contributed by atoms with Crippen LogP contribution in [0.1, 0.15) is 30.7 Å². The largest absolute Gasteiger partial charge is 0.361 e. The van der Waals surface area contributed by atoms with Crippen LogP contribution in [0, 0.1) is 6.92 Å². The molecule has 1 aromatic rings. The SMILES string of the molecule is Cc1cc(CN2CCCCC2C2OCCO2)no1. The van der Waals surface area contributed by atoms with Crippen LogP contribution >= 0.6 is 0 Å².